The molecule has 1 amide bonds. The molecule has 7 heteroatoms. The van der Waals surface area contributed by atoms with Gasteiger partial charge < -0.3 is 4.74 Å². The average Bonchev–Trinajstić information content (AvgIpc) is 3.02. The Labute approximate surface area is 144 Å². The second-order valence-corrected chi connectivity index (χ2v) is 7.04. The Morgan fingerprint density at radius 2 is 2.22 bits per heavy atom. The van der Waals surface area contributed by atoms with Crippen molar-refractivity contribution in [3.05, 3.63) is 28.8 Å². The van der Waals surface area contributed by atoms with E-state index >= 15 is 0 Å². The molecular formula is C16H21N3O2S2. The van der Waals surface area contributed by atoms with Crippen LogP contribution in [0.2, 0.25) is 0 Å². The normalized spacial score (nSPS) is 12.0. The van der Waals surface area contributed by atoms with Crippen LogP contribution < -0.4 is 10.1 Å². The molecule has 0 radical (unpaired) electrons. The second-order valence-electron chi connectivity index (χ2n) is 5.16. The Bertz CT molecular complexity index is 673. The fraction of sp³-hybridized carbons (Fsp3) is 0.438. The molecule has 0 aliphatic carbocycles. The summed E-state index contributed by atoms with van der Waals surface area (Å²) in [6.45, 7) is 4.27. The van der Waals surface area contributed by atoms with Gasteiger partial charge >= 0.3 is 0 Å². The van der Waals surface area contributed by atoms with Crippen molar-refractivity contribution in [3.63, 3.8) is 0 Å². The maximum Gasteiger partial charge on any atom is 0.261 e. The molecule has 0 fully saturated rings. The van der Waals surface area contributed by atoms with Gasteiger partial charge in [0, 0.05) is 10.8 Å². The number of hydrogen-bond acceptors (Lipinski definition) is 6. The lowest BCUT2D eigenvalue weighted by molar-refractivity contribution is 0.102. The summed E-state index contributed by atoms with van der Waals surface area (Å²) in [5.41, 5.74) is 0.489. The summed E-state index contributed by atoms with van der Waals surface area (Å²) in [6.07, 6.45) is 4.14. The van der Waals surface area contributed by atoms with E-state index in [0.29, 0.717) is 22.4 Å². The molecule has 124 valence electrons. The zero-order valence-electron chi connectivity index (χ0n) is 13.8. The van der Waals surface area contributed by atoms with Crippen molar-refractivity contribution in [1.29, 1.82) is 0 Å². The maximum atomic E-state index is 12.4. The van der Waals surface area contributed by atoms with Gasteiger partial charge in [-0.2, -0.15) is 0 Å². The van der Waals surface area contributed by atoms with E-state index in [1.807, 2.05) is 18.4 Å². The SMILES string of the molecule is CCC[C@@H](C)c1nnc(NC(=O)c2ccc(SC)cc2OC)s1. The Morgan fingerprint density at radius 3 is 2.87 bits per heavy atom. The smallest absolute Gasteiger partial charge is 0.261 e. The molecule has 0 saturated heterocycles. The van der Waals surface area contributed by atoms with Crippen molar-refractivity contribution < 1.29 is 9.53 Å². The zero-order valence-corrected chi connectivity index (χ0v) is 15.4. The van der Waals surface area contributed by atoms with Crippen molar-refractivity contribution in [3.8, 4) is 5.75 Å². The molecule has 2 rings (SSSR count). The van der Waals surface area contributed by atoms with E-state index in [-0.39, 0.29) is 5.91 Å². The van der Waals surface area contributed by atoms with E-state index in [9.17, 15) is 4.79 Å². The van der Waals surface area contributed by atoms with Gasteiger partial charge in [0.25, 0.3) is 5.91 Å². The van der Waals surface area contributed by atoms with Gasteiger partial charge in [0.15, 0.2) is 0 Å². The predicted octanol–water partition coefficient (Wildman–Crippen LogP) is 4.42. The summed E-state index contributed by atoms with van der Waals surface area (Å²) in [4.78, 5) is 13.5. The monoisotopic (exact) mass is 351 g/mol. The van der Waals surface area contributed by atoms with Crippen molar-refractivity contribution in [1.82, 2.24) is 10.2 Å². The molecular weight excluding hydrogens is 330 g/mol. The number of aromatic nitrogens is 2. The van der Waals surface area contributed by atoms with Crippen LogP contribution >= 0.6 is 23.1 Å². The summed E-state index contributed by atoms with van der Waals surface area (Å²) < 4.78 is 5.32. The number of carbonyl (C=O) groups is 1. The third kappa shape index (κ3) is 4.45. The lowest BCUT2D eigenvalue weighted by Gasteiger charge is -2.09. The molecule has 2 aromatic rings. The number of rotatable bonds is 7. The third-order valence-corrected chi connectivity index (χ3v) is 5.25. The molecule has 0 spiro atoms. The summed E-state index contributed by atoms with van der Waals surface area (Å²) in [7, 11) is 1.56. The van der Waals surface area contributed by atoms with E-state index in [0.717, 1.165) is 22.7 Å². The summed E-state index contributed by atoms with van der Waals surface area (Å²) in [5, 5.41) is 12.5. The largest absolute Gasteiger partial charge is 0.496 e. The van der Waals surface area contributed by atoms with Gasteiger partial charge in [-0.3, -0.25) is 10.1 Å². The number of nitrogens with zero attached hydrogens (tertiary/aromatic N) is 2. The highest BCUT2D eigenvalue weighted by molar-refractivity contribution is 7.98. The van der Waals surface area contributed by atoms with Gasteiger partial charge in [0.05, 0.1) is 12.7 Å². The molecule has 1 heterocycles. The Hall–Kier alpha value is -1.60. The average molecular weight is 351 g/mol. The fourth-order valence-electron chi connectivity index (χ4n) is 2.19. The second kappa shape index (κ2) is 8.31. The molecule has 1 N–H and O–H groups in total. The number of benzene rings is 1. The van der Waals surface area contributed by atoms with Gasteiger partial charge in [-0.25, -0.2) is 0 Å². The minimum Gasteiger partial charge on any atom is -0.496 e. The van der Waals surface area contributed by atoms with Crippen LogP contribution in [-0.4, -0.2) is 29.5 Å². The highest BCUT2D eigenvalue weighted by Gasteiger charge is 2.17. The minimum absolute atomic E-state index is 0.236. The molecule has 5 nitrogen and oxygen atoms in total. The lowest BCUT2D eigenvalue weighted by atomic mass is 10.1. The first-order valence-corrected chi connectivity index (χ1v) is 9.49. The number of methoxy groups -OCH3 is 1. The van der Waals surface area contributed by atoms with Crippen molar-refractivity contribution in [2.45, 2.75) is 37.5 Å². The first-order valence-electron chi connectivity index (χ1n) is 7.45. The maximum absolute atomic E-state index is 12.4. The van der Waals surface area contributed by atoms with Crippen molar-refractivity contribution in [2.24, 2.45) is 0 Å². The van der Waals surface area contributed by atoms with Crippen LogP contribution in [0, 0.1) is 0 Å². The van der Waals surface area contributed by atoms with E-state index in [1.54, 1.807) is 24.9 Å². The molecule has 0 aliphatic heterocycles. The van der Waals surface area contributed by atoms with Crippen LogP contribution in [0.15, 0.2) is 23.1 Å². The molecule has 23 heavy (non-hydrogen) atoms. The summed E-state index contributed by atoms with van der Waals surface area (Å²) in [5.74, 6) is 0.678. The molecule has 1 atom stereocenters. The number of thioether (sulfide) groups is 1. The van der Waals surface area contributed by atoms with Crippen LogP contribution in [0.1, 0.15) is 48.0 Å². The van der Waals surface area contributed by atoms with Crippen LogP contribution in [0.5, 0.6) is 5.75 Å². The van der Waals surface area contributed by atoms with E-state index in [1.165, 1.54) is 11.3 Å². The standard InChI is InChI=1S/C16H21N3O2S2/c1-5-6-10(2)15-18-19-16(23-15)17-14(20)12-8-7-11(22-4)9-13(12)21-3/h7-10H,5-6H2,1-4H3,(H,17,19,20)/t10-/m1/s1. The van der Waals surface area contributed by atoms with Crippen LogP contribution in [0.3, 0.4) is 0 Å². The number of amides is 1. The zero-order chi connectivity index (χ0) is 16.8. The quantitative estimate of drug-likeness (QED) is 0.748. The summed E-state index contributed by atoms with van der Waals surface area (Å²) in [6, 6.07) is 5.52. The molecule has 1 aromatic carbocycles. The van der Waals surface area contributed by atoms with E-state index < -0.39 is 0 Å². The van der Waals surface area contributed by atoms with E-state index in [2.05, 4.69) is 29.4 Å². The molecule has 0 saturated carbocycles. The predicted molar refractivity (Wildman–Crippen MR) is 96.0 cm³/mol. The number of carbonyl (C=O) groups excluding carboxylic acids is 1. The molecule has 0 aliphatic rings. The Kier molecular flexibility index (Phi) is 6.41. The molecule has 0 bridgehead atoms. The lowest BCUT2D eigenvalue weighted by Crippen LogP contribution is -2.13. The van der Waals surface area contributed by atoms with Crippen LogP contribution in [0.25, 0.3) is 0 Å². The highest BCUT2D eigenvalue weighted by Crippen LogP contribution is 2.28. The van der Waals surface area contributed by atoms with Gasteiger partial charge in [0.1, 0.15) is 10.8 Å². The van der Waals surface area contributed by atoms with Crippen molar-refractivity contribution >= 4 is 34.1 Å². The number of ether oxygens (including phenoxy) is 1. The highest BCUT2D eigenvalue weighted by atomic mass is 32.2. The third-order valence-electron chi connectivity index (χ3n) is 3.46. The van der Waals surface area contributed by atoms with Gasteiger partial charge in [-0.15, -0.1) is 22.0 Å². The minimum atomic E-state index is -0.236. The Morgan fingerprint density at radius 1 is 1.43 bits per heavy atom. The van der Waals surface area contributed by atoms with Gasteiger partial charge in [-0.1, -0.05) is 31.6 Å². The first-order chi connectivity index (χ1) is 11.1. The van der Waals surface area contributed by atoms with Crippen molar-refractivity contribution in [2.75, 3.05) is 18.7 Å². The van der Waals surface area contributed by atoms with Gasteiger partial charge in [0.2, 0.25) is 5.13 Å². The van der Waals surface area contributed by atoms with E-state index in [4.69, 9.17) is 4.74 Å². The molecule has 0 unspecified atom stereocenters. The van der Waals surface area contributed by atoms with Crippen LogP contribution in [0.4, 0.5) is 5.13 Å². The van der Waals surface area contributed by atoms with Crippen LogP contribution in [-0.2, 0) is 0 Å². The number of anilines is 1. The number of hydrogen-bond donors (Lipinski definition) is 1. The fourth-order valence-corrected chi connectivity index (χ4v) is 3.44. The molecule has 1 aromatic heterocycles. The van der Waals surface area contributed by atoms with Gasteiger partial charge in [-0.05, 0) is 30.9 Å². The Balaban J connectivity index is 2.13. The summed E-state index contributed by atoms with van der Waals surface area (Å²) >= 11 is 3.03. The first kappa shape index (κ1) is 17.7. The number of nitrogens with one attached hydrogen (secondary N) is 1. The topological polar surface area (TPSA) is 64.1 Å².